The molecular weight excluding hydrogens is 351 g/mol. The van der Waals surface area contributed by atoms with E-state index in [0.717, 1.165) is 18.5 Å². The van der Waals surface area contributed by atoms with Crippen LogP contribution in [0.15, 0.2) is 24.3 Å². The van der Waals surface area contributed by atoms with Crippen LogP contribution >= 0.6 is 0 Å². The molecule has 140 valence electrons. The standard InChI is InChI=1S/C17H18F3N3O3/c18-17(19,20)12-1-3-13(4-2-12)21-14(25)16(5-6-16)15(26)23-9-7-22(11-24)8-10-23/h1-4,11H,5-10H2,(H,21,25). The predicted molar refractivity (Wildman–Crippen MR) is 86.0 cm³/mol. The van der Waals surface area contributed by atoms with Crippen molar-refractivity contribution in [3.63, 3.8) is 0 Å². The molecular formula is C17H18F3N3O3. The first kappa shape index (κ1) is 18.2. The first-order chi connectivity index (χ1) is 12.3. The molecule has 0 radical (unpaired) electrons. The maximum atomic E-state index is 12.7. The third-order valence-electron chi connectivity index (χ3n) is 4.81. The van der Waals surface area contributed by atoms with Crippen molar-refractivity contribution >= 4 is 23.9 Å². The van der Waals surface area contributed by atoms with E-state index in [1.165, 1.54) is 12.1 Å². The zero-order valence-electron chi connectivity index (χ0n) is 13.9. The van der Waals surface area contributed by atoms with Crippen LogP contribution in [0.3, 0.4) is 0 Å². The number of anilines is 1. The lowest BCUT2D eigenvalue weighted by Gasteiger charge is -2.34. The molecule has 1 aliphatic carbocycles. The summed E-state index contributed by atoms with van der Waals surface area (Å²) in [5.41, 5.74) is -1.74. The number of halogens is 3. The zero-order valence-corrected chi connectivity index (χ0v) is 13.9. The molecule has 1 aromatic rings. The summed E-state index contributed by atoms with van der Waals surface area (Å²) in [7, 11) is 0. The SMILES string of the molecule is O=CN1CCN(C(=O)C2(C(=O)Nc3ccc(C(F)(F)F)cc3)CC2)CC1. The van der Waals surface area contributed by atoms with E-state index in [-0.39, 0.29) is 11.6 Å². The van der Waals surface area contributed by atoms with E-state index in [4.69, 9.17) is 0 Å². The van der Waals surface area contributed by atoms with Crippen LogP contribution in [-0.4, -0.2) is 54.2 Å². The number of hydrogen-bond donors (Lipinski definition) is 1. The Labute approximate surface area is 147 Å². The van der Waals surface area contributed by atoms with Crippen LogP contribution in [0.1, 0.15) is 18.4 Å². The Morgan fingerprint density at radius 1 is 1.04 bits per heavy atom. The largest absolute Gasteiger partial charge is 0.416 e. The predicted octanol–water partition coefficient (Wildman–Crippen LogP) is 1.72. The Morgan fingerprint density at radius 3 is 2.08 bits per heavy atom. The minimum atomic E-state index is -4.44. The Bertz CT molecular complexity index is 706. The average Bonchev–Trinajstić information content (AvgIpc) is 3.43. The highest BCUT2D eigenvalue weighted by Gasteiger charge is 2.58. The van der Waals surface area contributed by atoms with Gasteiger partial charge < -0.3 is 15.1 Å². The number of hydrogen-bond acceptors (Lipinski definition) is 3. The highest BCUT2D eigenvalue weighted by Crippen LogP contribution is 2.48. The first-order valence-electron chi connectivity index (χ1n) is 8.24. The minimum absolute atomic E-state index is 0.216. The number of piperazine rings is 1. The fourth-order valence-electron chi connectivity index (χ4n) is 2.99. The molecule has 3 rings (SSSR count). The molecule has 26 heavy (non-hydrogen) atoms. The van der Waals surface area contributed by atoms with Gasteiger partial charge in [-0.05, 0) is 37.1 Å². The number of benzene rings is 1. The molecule has 1 aliphatic heterocycles. The Hall–Kier alpha value is -2.58. The molecule has 1 heterocycles. The number of rotatable bonds is 4. The molecule has 0 atom stereocenters. The van der Waals surface area contributed by atoms with Crippen molar-refractivity contribution < 1.29 is 27.6 Å². The molecule has 0 unspecified atom stereocenters. The highest BCUT2D eigenvalue weighted by atomic mass is 19.4. The molecule has 1 saturated heterocycles. The number of amides is 3. The van der Waals surface area contributed by atoms with Gasteiger partial charge in [-0.2, -0.15) is 13.2 Å². The topological polar surface area (TPSA) is 69.7 Å². The van der Waals surface area contributed by atoms with E-state index in [1.807, 2.05) is 0 Å². The summed E-state index contributed by atoms with van der Waals surface area (Å²) < 4.78 is 37.8. The van der Waals surface area contributed by atoms with Crippen LogP contribution in [0.4, 0.5) is 18.9 Å². The summed E-state index contributed by atoms with van der Waals surface area (Å²) in [6.07, 6.45) is -2.90. The summed E-state index contributed by atoms with van der Waals surface area (Å²) in [5, 5.41) is 2.54. The van der Waals surface area contributed by atoms with Crippen LogP contribution in [0, 0.1) is 5.41 Å². The van der Waals surface area contributed by atoms with Crippen molar-refractivity contribution in [2.24, 2.45) is 5.41 Å². The van der Waals surface area contributed by atoms with Crippen LogP contribution in [0.25, 0.3) is 0 Å². The molecule has 1 saturated carbocycles. The molecule has 6 nitrogen and oxygen atoms in total. The quantitative estimate of drug-likeness (QED) is 0.649. The number of nitrogens with zero attached hydrogens (tertiary/aromatic N) is 2. The number of carbonyl (C=O) groups is 3. The van der Waals surface area contributed by atoms with Crippen molar-refractivity contribution in [1.82, 2.24) is 9.80 Å². The van der Waals surface area contributed by atoms with Gasteiger partial charge in [0.05, 0.1) is 5.56 Å². The molecule has 9 heteroatoms. The maximum Gasteiger partial charge on any atom is 0.416 e. The van der Waals surface area contributed by atoms with Gasteiger partial charge in [-0.3, -0.25) is 14.4 Å². The summed E-state index contributed by atoms with van der Waals surface area (Å²) >= 11 is 0. The molecule has 1 N–H and O–H groups in total. The normalized spacial score (nSPS) is 19.0. The average molecular weight is 369 g/mol. The molecule has 0 aromatic heterocycles. The Kier molecular flexibility index (Phi) is 4.64. The van der Waals surface area contributed by atoms with Crippen molar-refractivity contribution in [2.45, 2.75) is 19.0 Å². The van der Waals surface area contributed by atoms with Crippen LogP contribution in [-0.2, 0) is 20.6 Å². The number of nitrogens with one attached hydrogen (secondary N) is 1. The van der Waals surface area contributed by atoms with Crippen molar-refractivity contribution in [3.05, 3.63) is 29.8 Å². The lowest BCUT2D eigenvalue weighted by molar-refractivity contribution is -0.144. The second-order valence-corrected chi connectivity index (χ2v) is 6.54. The van der Waals surface area contributed by atoms with Crippen LogP contribution in [0.2, 0.25) is 0 Å². The van der Waals surface area contributed by atoms with Gasteiger partial charge in [0.1, 0.15) is 5.41 Å². The summed E-state index contributed by atoms with van der Waals surface area (Å²) in [5.74, 6) is -0.785. The second kappa shape index (κ2) is 6.62. The first-order valence-corrected chi connectivity index (χ1v) is 8.24. The highest BCUT2D eigenvalue weighted by molar-refractivity contribution is 6.13. The van der Waals surface area contributed by atoms with Gasteiger partial charge in [-0.25, -0.2) is 0 Å². The third-order valence-corrected chi connectivity index (χ3v) is 4.81. The molecule has 0 bridgehead atoms. The van der Waals surface area contributed by atoms with Crippen LogP contribution < -0.4 is 5.32 Å². The monoisotopic (exact) mass is 369 g/mol. The Balaban J connectivity index is 1.64. The van der Waals surface area contributed by atoms with E-state index >= 15 is 0 Å². The molecule has 2 aliphatic rings. The van der Waals surface area contributed by atoms with Gasteiger partial charge in [0.25, 0.3) is 0 Å². The minimum Gasteiger partial charge on any atom is -0.342 e. The molecule has 3 amide bonds. The van der Waals surface area contributed by atoms with E-state index in [1.54, 1.807) is 9.80 Å². The fourth-order valence-corrected chi connectivity index (χ4v) is 2.99. The van der Waals surface area contributed by atoms with Gasteiger partial charge in [0, 0.05) is 31.9 Å². The van der Waals surface area contributed by atoms with Gasteiger partial charge >= 0.3 is 6.18 Å². The molecule has 1 aromatic carbocycles. The molecule has 0 spiro atoms. The van der Waals surface area contributed by atoms with E-state index in [9.17, 15) is 27.6 Å². The maximum absolute atomic E-state index is 12.7. The number of carbonyl (C=O) groups excluding carboxylic acids is 3. The van der Waals surface area contributed by atoms with E-state index in [2.05, 4.69) is 5.32 Å². The van der Waals surface area contributed by atoms with Crippen molar-refractivity contribution in [2.75, 3.05) is 31.5 Å². The summed E-state index contributed by atoms with van der Waals surface area (Å²) in [6, 6.07) is 4.11. The molecule has 2 fully saturated rings. The van der Waals surface area contributed by atoms with E-state index < -0.39 is 23.1 Å². The Morgan fingerprint density at radius 2 is 1.62 bits per heavy atom. The lowest BCUT2D eigenvalue weighted by atomic mass is 10.0. The van der Waals surface area contributed by atoms with Crippen LogP contribution in [0.5, 0.6) is 0 Å². The van der Waals surface area contributed by atoms with Crippen molar-refractivity contribution in [1.29, 1.82) is 0 Å². The van der Waals surface area contributed by atoms with E-state index in [0.29, 0.717) is 39.0 Å². The van der Waals surface area contributed by atoms with Crippen molar-refractivity contribution in [3.8, 4) is 0 Å². The van der Waals surface area contributed by atoms with Gasteiger partial charge in [-0.1, -0.05) is 0 Å². The number of alkyl halides is 3. The summed E-state index contributed by atoms with van der Waals surface area (Å²) in [6.45, 7) is 1.58. The lowest BCUT2D eigenvalue weighted by Crippen LogP contribution is -2.52. The zero-order chi connectivity index (χ0) is 18.9. The fraction of sp³-hybridized carbons (Fsp3) is 0.471. The van der Waals surface area contributed by atoms with Gasteiger partial charge in [0.2, 0.25) is 18.2 Å². The third kappa shape index (κ3) is 3.51. The second-order valence-electron chi connectivity index (χ2n) is 6.54. The smallest absolute Gasteiger partial charge is 0.342 e. The van der Waals surface area contributed by atoms with Gasteiger partial charge in [0.15, 0.2) is 0 Å². The van der Waals surface area contributed by atoms with Gasteiger partial charge in [-0.15, -0.1) is 0 Å². The summed E-state index contributed by atoms with van der Waals surface area (Å²) in [4.78, 5) is 39.1.